The molecule has 0 bridgehead atoms. The lowest BCUT2D eigenvalue weighted by molar-refractivity contribution is -0.388. The number of nitrogens with zero attached hydrogens (tertiary/aromatic N) is 4. The van der Waals surface area contributed by atoms with Crippen LogP contribution in [0.5, 0.6) is 0 Å². The summed E-state index contributed by atoms with van der Waals surface area (Å²) in [5, 5.41) is 23.2. The summed E-state index contributed by atoms with van der Waals surface area (Å²) < 4.78 is 40.7. The smallest absolute Gasteiger partial charge is 0.356 e. The van der Waals surface area contributed by atoms with E-state index in [1.807, 2.05) is 0 Å². The third kappa shape index (κ3) is 6.39. The number of amides is 1. The summed E-state index contributed by atoms with van der Waals surface area (Å²) in [5.41, 5.74) is -1.38. The van der Waals surface area contributed by atoms with Crippen molar-refractivity contribution in [2.75, 3.05) is 6.54 Å². The molecule has 0 aliphatic heterocycles. The van der Waals surface area contributed by atoms with Gasteiger partial charge in [-0.25, -0.2) is 0 Å². The van der Waals surface area contributed by atoms with Crippen LogP contribution in [0.4, 0.5) is 18.9 Å². The number of benzene rings is 2. The van der Waals surface area contributed by atoms with Crippen LogP contribution in [0.25, 0.3) is 5.69 Å². The van der Waals surface area contributed by atoms with E-state index in [1.165, 1.54) is 13.0 Å². The Hall–Kier alpha value is -2.83. The number of nitro benzene ring substituents is 1. The summed E-state index contributed by atoms with van der Waals surface area (Å²) >= 11 is 13.0. The second-order valence-electron chi connectivity index (χ2n) is 6.99. The highest BCUT2D eigenvalue weighted by atomic mass is 35.5. The first-order chi connectivity index (χ1) is 16.0. The molecule has 1 aromatic heterocycles. The van der Waals surface area contributed by atoms with Crippen molar-refractivity contribution in [1.82, 2.24) is 20.1 Å². The Kier molecular flexibility index (Phi) is 8.05. The minimum absolute atomic E-state index is 0.0513. The van der Waals surface area contributed by atoms with E-state index >= 15 is 0 Å². The Morgan fingerprint density at radius 1 is 1.18 bits per heavy atom. The van der Waals surface area contributed by atoms with E-state index in [0.29, 0.717) is 47.0 Å². The molecule has 0 aliphatic carbocycles. The van der Waals surface area contributed by atoms with E-state index < -0.39 is 22.4 Å². The second kappa shape index (κ2) is 10.6. The zero-order valence-corrected chi connectivity index (χ0v) is 19.7. The van der Waals surface area contributed by atoms with E-state index in [2.05, 4.69) is 15.5 Å². The zero-order valence-electron chi connectivity index (χ0n) is 17.4. The minimum atomic E-state index is -4.73. The topological polar surface area (TPSA) is 103 Å². The van der Waals surface area contributed by atoms with Crippen molar-refractivity contribution >= 4 is 46.6 Å². The fraction of sp³-hybridized carbons (Fsp3) is 0.250. The molecule has 0 atom stereocenters. The van der Waals surface area contributed by atoms with Crippen LogP contribution in [0.2, 0.25) is 10.0 Å². The van der Waals surface area contributed by atoms with Crippen molar-refractivity contribution in [3.63, 3.8) is 0 Å². The highest BCUT2D eigenvalue weighted by Crippen LogP contribution is 2.39. The standard InChI is InChI=1S/C20H16Cl2F3N5O3S/c1-11(31)26-6-2-3-18-27-28-19(29(18)15-9-13(21)8-14(22)10-15)34-17-5-4-12(20(23,24)25)7-16(17)30(32)33/h4-5,7-10H,2-3,6H2,1H3,(H,26,31). The Morgan fingerprint density at radius 3 is 2.44 bits per heavy atom. The van der Waals surface area contributed by atoms with Crippen molar-refractivity contribution < 1.29 is 22.9 Å². The molecule has 34 heavy (non-hydrogen) atoms. The molecule has 0 saturated heterocycles. The zero-order chi connectivity index (χ0) is 25.0. The molecule has 0 unspecified atom stereocenters. The Morgan fingerprint density at radius 2 is 1.85 bits per heavy atom. The normalized spacial score (nSPS) is 11.5. The Balaban J connectivity index is 2.03. The van der Waals surface area contributed by atoms with E-state index in [1.54, 1.807) is 16.7 Å². The average Bonchev–Trinajstić information content (AvgIpc) is 3.12. The maximum Gasteiger partial charge on any atom is 0.416 e. The van der Waals surface area contributed by atoms with Gasteiger partial charge in [-0.3, -0.25) is 19.5 Å². The maximum atomic E-state index is 13.0. The van der Waals surface area contributed by atoms with Gasteiger partial charge >= 0.3 is 6.18 Å². The number of nitrogens with one attached hydrogen (secondary N) is 1. The number of nitro groups is 1. The van der Waals surface area contributed by atoms with Crippen molar-refractivity contribution in [2.24, 2.45) is 0 Å². The lowest BCUT2D eigenvalue weighted by atomic mass is 10.2. The summed E-state index contributed by atoms with van der Waals surface area (Å²) in [7, 11) is 0. The number of rotatable bonds is 8. The van der Waals surface area contributed by atoms with Gasteiger partial charge < -0.3 is 5.32 Å². The van der Waals surface area contributed by atoms with Gasteiger partial charge in [-0.1, -0.05) is 23.2 Å². The number of carbonyl (C=O) groups is 1. The van der Waals surface area contributed by atoms with Gasteiger partial charge in [0, 0.05) is 36.0 Å². The summed E-state index contributed by atoms with van der Waals surface area (Å²) in [6.07, 6.45) is -3.85. The number of alkyl halides is 3. The molecule has 180 valence electrons. The molecular formula is C20H16Cl2F3N5O3S. The first-order valence-corrected chi connectivity index (χ1v) is 11.2. The van der Waals surface area contributed by atoms with E-state index in [-0.39, 0.29) is 16.0 Å². The third-order valence-electron chi connectivity index (χ3n) is 4.44. The van der Waals surface area contributed by atoms with E-state index in [9.17, 15) is 28.1 Å². The summed E-state index contributed by atoms with van der Waals surface area (Å²) in [4.78, 5) is 21.6. The Labute approximate surface area is 205 Å². The van der Waals surface area contributed by atoms with E-state index in [4.69, 9.17) is 23.2 Å². The molecule has 1 N–H and O–H groups in total. The average molecular weight is 534 g/mol. The number of aryl methyl sites for hydroxylation is 1. The van der Waals surface area contributed by atoms with Crippen LogP contribution in [-0.2, 0) is 17.4 Å². The number of aromatic nitrogens is 3. The molecule has 0 radical (unpaired) electrons. The molecule has 0 aliphatic rings. The highest BCUT2D eigenvalue weighted by Gasteiger charge is 2.33. The fourth-order valence-corrected chi connectivity index (χ4v) is 4.46. The van der Waals surface area contributed by atoms with Crippen LogP contribution in [-0.4, -0.2) is 32.1 Å². The molecule has 3 aromatic rings. The molecular weight excluding hydrogens is 518 g/mol. The SMILES string of the molecule is CC(=O)NCCCc1nnc(Sc2ccc(C(F)(F)F)cc2[N+](=O)[O-])n1-c1cc(Cl)cc(Cl)c1. The molecule has 14 heteroatoms. The quantitative estimate of drug-likeness (QED) is 0.225. The maximum absolute atomic E-state index is 13.0. The molecule has 0 spiro atoms. The van der Waals surface area contributed by atoms with Gasteiger partial charge in [-0.2, -0.15) is 13.2 Å². The lowest BCUT2D eigenvalue weighted by Crippen LogP contribution is -2.21. The van der Waals surface area contributed by atoms with Gasteiger partial charge in [0.1, 0.15) is 5.82 Å². The van der Waals surface area contributed by atoms with Crippen LogP contribution in [0.1, 0.15) is 24.7 Å². The van der Waals surface area contributed by atoms with Crippen LogP contribution in [0.3, 0.4) is 0 Å². The van der Waals surface area contributed by atoms with Crippen molar-refractivity contribution in [1.29, 1.82) is 0 Å². The number of hydrogen-bond acceptors (Lipinski definition) is 6. The van der Waals surface area contributed by atoms with Crippen LogP contribution >= 0.6 is 35.0 Å². The van der Waals surface area contributed by atoms with Crippen molar-refractivity contribution in [2.45, 2.75) is 36.0 Å². The molecule has 1 heterocycles. The Bertz CT molecular complexity index is 1220. The molecule has 0 fully saturated rings. The van der Waals surface area contributed by atoms with Gasteiger partial charge in [-0.05, 0) is 48.5 Å². The largest absolute Gasteiger partial charge is 0.416 e. The summed E-state index contributed by atoms with van der Waals surface area (Å²) in [6.45, 7) is 1.77. The van der Waals surface area contributed by atoms with Gasteiger partial charge in [0.05, 0.1) is 21.1 Å². The van der Waals surface area contributed by atoms with Gasteiger partial charge in [0.25, 0.3) is 5.69 Å². The minimum Gasteiger partial charge on any atom is -0.356 e. The molecule has 0 saturated carbocycles. The first-order valence-electron chi connectivity index (χ1n) is 9.64. The molecule has 1 amide bonds. The molecule has 8 nitrogen and oxygen atoms in total. The molecule has 2 aromatic carbocycles. The van der Waals surface area contributed by atoms with Gasteiger partial charge in [0.15, 0.2) is 0 Å². The molecule has 3 rings (SSSR count). The number of carbonyl (C=O) groups excluding carboxylic acids is 1. The predicted molar refractivity (Wildman–Crippen MR) is 121 cm³/mol. The number of halogens is 5. The lowest BCUT2D eigenvalue weighted by Gasteiger charge is -2.12. The van der Waals surface area contributed by atoms with Gasteiger partial charge in [-0.15, -0.1) is 10.2 Å². The van der Waals surface area contributed by atoms with Crippen LogP contribution in [0.15, 0.2) is 46.5 Å². The fourth-order valence-electron chi connectivity index (χ4n) is 2.99. The van der Waals surface area contributed by atoms with Crippen LogP contribution < -0.4 is 5.32 Å². The monoisotopic (exact) mass is 533 g/mol. The number of hydrogen-bond donors (Lipinski definition) is 1. The highest BCUT2D eigenvalue weighted by molar-refractivity contribution is 7.99. The second-order valence-corrected chi connectivity index (χ2v) is 8.87. The van der Waals surface area contributed by atoms with Gasteiger partial charge in [0.2, 0.25) is 11.1 Å². The first kappa shape index (κ1) is 25.8. The third-order valence-corrected chi connectivity index (χ3v) is 5.89. The van der Waals surface area contributed by atoms with Crippen molar-refractivity contribution in [3.05, 3.63) is 67.9 Å². The van der Waals surface area contributed by atoms with Crippen molar-refractivity contribution in [3.8, 4) is 5.69 Å². The van der Waals surface area contributed by atoms with E-state index in [0.717, 1.165) is 23.9 Å². The summed E-state index contributed by atoms with van der Waals surface area (Å²) in [5.74, 6) is 0.259. The summed E-state index contributed by atoms with van der Waals surface area (Å²) in [6, 6.07) is 6.94. The predicted octanol–water partition coefficient (Wildman–Crippen LogP) is 5.72. The van der Waals surface area contributed by atoms with Crippen LogP contribution in [0, 0.1) is 10.1 Å².